The molecule has 0 fully saturated rings. The summed E-state index contributed by atoms with van der Waals surface area (Å²) in [4.78, 5) is 0. The minimum absolute atomic E-state index is 0.131. The van der Waals surface area contributed by atoms with Crippen LogP contribution in [0.1, 0.15) is 48.9 Å². The third-order valence-corrected chi connectivity index (χ3v) is 5.10. The summed E-state index contributed by atoms with van der Waals surface area (Å²) in [5.74, 6) is -0.131. The van der Waals surface area contributed by atoms with Crippen LogP contribution >= 0.6 is 0 Å². The lowest BCUT2D eigenvalue weighted by molar-refractivity contribution is 0.628. The van der Waals surface area contributed by atoms with Gasteiger partial charge >= 0.3 is 0 Å². The lowest BCUT2D eigenvalue weighted by Crippen LogP contribution is -1.94. The first kappa shape index (κ1) is 19.4. The van der Waals surface area contributed by atoms with Crippen molar-refractivity contribution in [2.24, 2.45) is 0 Å². The second-order valence-corrected chi connectivity index (χ2v) is 7.33. The van der Waals surface area contributed by atoms with Crippen molar-refractivity contribution in [1.82, 2.24) is 0 Å². The zero-order valence-electron chi connectivity index (χ0n) is 16.5. The van der Waals surface area contributed by atoms with Gasteiger partial charge in [-0.2, -0.15) is 0 Å². The molecule has 140 valence electrons. The van der Waals surface area contributed by atoms with Gasteiger partial charge in [0.1, 0.15) is 5.82 Å². The largest absolute Gasteiger partial charge is 0.206 e. The summed E-state index contributed by atoms with van der Waals surface area (Å²) < 4.78 is 14.6. The van der Waals surface area contributed by atoms with Crippen LogP contribution in [0.5, 0.6) is 0 Å². The van der Waals surface area contributed by atoms with Crippen LogP contribution in [0.3, 0.4) is 0 Å². The number of hydrogen-bond donors (Lipinski definition) is 0. The Labute approximate surface area is 163 Å². The standard InChI is InChI=1S/C26H29F/c1-3-5-20-7-9-22(10-8-20)11-12-23-15-18-25(26(27)19-23)24-16-13-21(6-4-2)14-17-24/h7-10,13-19H,3-6,11-12H2,1-2H3. The zero-order valence-corrected chi connectivity index (χ0v) is 16.5. The molecule has 0 aliphatic rings. The van der Waals surface area contributed by atoms with Crippen molar-refractivity contribution in [2.45, 2.75) is 52.4 Å². The summed E-state index contributed by atoms with van der Waals surface area (Å²) in [5, 5.41) is 0. The van der Waals surface area contributed by atoms with E-state index in [2.05, 4.69) is 56.3 Å². The molecule has 0 bridgehead atoms. The van der Waals surface area contributed by atoms with Crippen molar-refractivity contribution in [3.8, 4) is 11.1 Å². The lowest BCUT2D eigenvalue weighted by atomic mass is 9.98. The molecule has 3 aromatic rings. The molecule has 0 spiro atoms. The Morgan fingerprint density at radius 1 is 0.556 bits per heavy atom. The maximum absolute atomic E-state index is 14.6. The monoisotopic (exact) mass is 360 g/mol. The van der Waals surface area contributed by atoms with Gasteiger partial charge in [0.25, 0.3) is 0 Å². The van der Waals surface area contributed by atoms with Crippen LogP contribution in [0.15, 0.2) is 66.7 Å². The van der Waals surface area contributed by atoms with E-state index in [0.717, 1.165) is 43.2 Å². The van der Waals surface area contributed by atoms with E-state index in [1.807, 2.05) is 18.2 Å². The molecule has 0 amide bonds. The van der Waals surface area contributed by atoms with Crippen LogP contribution < -0.4 is 0 Å². The molecule has 0 saturated carbocycles. The third kappa shape index (κ3) is 5.29. The topological polar surface area (TPSA) is 0 Å². The fourth-order valence-corrected chi connectivity index (χ4v) is 3.54. The summed E-state index contributed by atoms with van der Waals surface area (Å²) in [6, 6.07) is 22.8. The Bertz CT molecular complexity index is 844. The molecule has 0 aliphatic heterocycles. The second kappa shape index (κ2) is 9.50. The van der Waals surface area contributed by atoms with E-state index in [1.54, 1.807) is 6.07 Å². The van der Waals surface area contributed by atoms with E-state index in [-0.39, 0.29) is 5.82 Å². The van der Waals surface area contributed by atoms with E-state index in [9.17, 15) is 4.39 Å². The van der Waals surface area contributed by atoms with Gasteiger partial charge in [-0.05, 0) is 59.6 Å². The van der Waals surface area contributed by atoms with Gasteiger partial charge in [0.2, 0.25) is 0 Å². The highest BCUT2D eigenvalue weighted by Crippen LogP contribution is 2.25. The predicted octanol–water partition coefficient (Wildman–Crippen LogP) is 7.18. The SMILES string of the molecule is CCCc1ccc(CCc2ccc(-c3ccc(CCC)cc3)c(F)c2)cc1. The number of aryl methyl sites for hydroxylation is 4. The molecule has 0 radical (unpaired) electrons. The van der Waals surface area contributed by atoms with Gasteiger partial charge < -0.3 is 0 Å². The summed E-state index contributed by atoms with van der Waals surface area (Å²) in [5.41, 5.74) is 6.70. The highest BCUT2D eigenvalue weighted by atomic mass is 19.1. The van der Waals surface area contributed by atoms with Crippen molar-refractivity contribution in [3.05, 3.63) is 94.8 Å². The van der Waals surface area contributed by atoms with E-state index in [1.165, 1.54) is 23.1 Å². The Balaban J connectivity index is 1.65. The van der Waals surface area contributed by atoms with Gasteiger partial charge in [-0.3, -0.25) is 0 Å². The summed E-state index contributed by atoms with van der Waals surface area (Å²) in [7, 11) is 0. The summed E-state index contributed by atoms with van der Waals surface area (Å²) in [6.45, 7) is 4.37. The minimum Gasteiger partial charge on any atom is -0.206 e. The van der Waals surface area contributed by atoms with Crippen molar-refractivity contribution in [3.63, 3.8) is 0 Å². The van der Waals surface area contributed by atoms with Crippen LogP contribution in [0.2, 0.25) is 0 Å². The summed E-state index contributed by atoms with van der Waals surface area (Å²) >= 11 is 0. The Morgan fingerprint density at radius 2 is 1.00 bits per heavy atom. The zero-order chi connectivity index (χ0) is 19.1. The maximum Gasteiger partial charge on any atom is 0.131 e. The van der Waals surface area contributed by atoms with E-state index in [4.69, 9.17) is 0 Å². The molecule has 0 N–H and O–H groups in total. The van der Waals surface area contributed by atoms with Gasteiger partial charge in [0.05, 0.1) is 0 Å². The van der Waals surface area contributed by atoms with Crippen LogP contribution in [0, 0.1) is 5.82 Å². The van der Waals surface area contributed by atoms with Crippen molar-refractivity contribution >= 4 is 0 Å². The molecule has 3 aromatic carbocycles. The van der Waals surface area contributed by atoms with Crippen molar-refractivity contribution in [2.75, 3.05) is 0 Å². The smallest absolute Gasteiger partial charge is 0.131 e. The van der Waals surface area contributed by atoms with Crippen LogP contribution in [0.4, 0.5) is 4.39 Å². The third-order valence-electron chi connectivity index (χ3n) is 5.10. The number of hydrogen-bond acceptors (Lipinski definition) is 0. The molecule has 3 rings (SSSR count). The normalized spacial score (nSPS) is 10.9. The van der Waals surface area contributed by atoms with E-state index in [0.29, 0.717) is 5.56 Å². The molecular formula is C26H29F. The molecule has 1 heteroatoms. The van der Waals surface area contributed by atoms with Crippen molar-refractivity contribution in [1.29, 1.82) is 0 Å². The van der Waals surface area contributed by atoms with Crippen LogP contribution in [-0.2, 0) is 25.7 Å². The first-order valence-corrected chi connectivity index (χ1v) is 10.1. The van der Waals surface area contributed by atoms with E-state index >= 15 is 0 Å². The van der Waals surface area contributed by atoms with E-state index < -0.39 is 0 Å². The summed E-state index contributed by atoms with van der Waals surface area (Å²) in [6.07, 6.45) is 6.31. The minimum atomic E-state index is -0.131. The molecular weight excluding hydrogens is 331 g/mol. The molecule has 0 saturated heterocycles. The first-order valence-electron chi connectivity index (χ1n) is 10.1. The highest BCUT2D eigenvalue weighted by Gasteiger charge is 2.07. The van der Waals surface area contributed by atoms with Gasteiger partial charge in [0, 0.05) is 5.56 Å². The Morgan fingerprint density at radius 3 is 1.52 bits per heavy atom. The van der Waals surface area contributed by atoms with Gasteiger partial charge in [0.15, 0.2) is 0 Å². The second-order valence-electron chi connectivity index (χ2n) is 7.33. The van der Waals surface area contributed by atoms with Gasteiger partial charge in [-0.15, -0.1) is 0 Å². The molecule has 0 atom stereocenters. The van der Waals surface area contributed by atoms with Crippen molar-refractivity contribution < 1.29 is 4.39 Å². The maximum atomic E-state index is 14.6. The van der Waals surface area contributed by atoms with Crippen LogP contribution in [0.25, 0.3) is 11.1 Å². The fraction of sp³-hybridized carbons (Fsp3) is 0.308. The molecule has 27 heavy (non-hydrogen) atoms. The Hall–Kier alpha value is -2.41. The average Bonchev–Trinajstić information content (AvgIpc) is 2.69. The van der Waals surface area contributed by atoms with Crippen LogP contribution in [-0.4, -0.2) is 0 Å². The van der Waals surface area contributed by atoms with Gasteiger partial charge in [-0.25, -0.2) is 4.39 Å². The molecule has 0 unspecified atom stereocenters. The predicted molar refractivity (Wildman–Crippen MR) is 114 cm³/mol. The number of rotatable bonds is 8. The average molecular weight is 361 g/mol. The number of halogens is 1. The highest BCUT2D eigenvalue weighted by molar-refractivity contribution is 5.64. The fourth-order valence-electron chi connectivity index (χ4n) is 3.54. The lowest BCUT2D eigenvalue weighted by Gasteiger charge is -2.08. The number of benzene rings is 3. The molecule has 0 aromatic heterocycles. The molecule has 0 heterocycles. The molecule has 0 nitrogen and oxygen atoms in total. The quantitative estimate of drug-likeness (QED) is 0.399. The first-order chi connectivity index (χ1) is 13.2. The van der Waals surface area contributed by atoms with Gasteiger partial charge in [-0.1, -0.05) is 87.4 Å². The Kier molecular flexibility index (Phi) is 6.81. The molecule has 0 aliphatic carbocycles.